The Kier molecular flexibility index (Phi) is 1.59. The first-order valence-electron chi connectivity index (χ1n) is 2.30. The zero-order valence-corrected chi connectivity index (χ0v) is 4.15. The summed E-state index contributed by atoms with van der Waals surface area (Å²) in [6.07, 6.45) is 0. The van der Waals surface area contributed by atoms with Gasteiger partial charge in [-0.1, -0.05) is 0 Å². The number of hydrazine groups is 1. The molecule has 0 atom stereocenters. The molecule has 1 fully saturated rings. The summed E-state index contributed by atoms with van der Waals surface area (Å²) in [5, 5.41) is 7.72. The SMILES string of the molecule is NN1CNCNC1. The van der Waals surface area contributed by atoms with Crippen LogP contribution >= 0.6 is 0 Å². The molecule has 1 saturated heterocycles. The minimum absolute atomic E-state index is 0.785. The minimum atomic E-state index is 0.785. The number of nitrogens with zero attached hydrogens (tertiary/aromatic N) is 1. The average molecular weight is 102 g/mol. The number of rotatable bonds is 0. The summed E-state index contributed by atoms with van der Waals surface area (Å²) in [5.41, 5.74) is 0. The molecule has 1 aliphatic heterocycles. The number of nitrogens with one attached hydrogen (secondary N) is 2. The van der Waals surface area contributed by atoms with Crippen LogP contribution < -0.4 is 16.5 Å². The lowest BCUT2D eigenvalue weighted by Gasteiger charge is -2.22. The second-order valence-electron chi connectivity index (χ2n) is 1.58. The summed E-state index contributed by atoms with van der Waals surface area (Å²) < 4.78 is 0. The highest BCUT2D eigenvalue weighted by molar-refractivity contribution is 4.50. The Bertz CT molecular complexity index is 48.9. The fraction of sp³-hybridized carbons (Fsp3) is 1.00. The van der Waals surface area contributed by atoms with Crippen molar-refractivity contribution in [2.45, 2.75) is 0 Å². The standard InChI is InChI=1S/C3H10N4/c4-7-2-5-1-6-3-7/h5-6H,1-4H2. The van der Waals surface area contributed by atoms with Crippen molar-refractivity contribution in [1.29, 1.82) is 0 Å². The molecule has 1 aliphatic rings. The largest absolute Gasteiger partial charge is 0.291 e. The smallest absolute Gasteiger partial charge is 0.0642 e. The molecule has 0 aromatic rings. The van der Waals surface area contributed by atoms with E-state index < -0.39 is 0 Å². The van der Waals surface area contributed by atoms with E-state index >= 15 is 0 Å². The fourth-order valence-corrected chi connectivity index (χ4v) is 0.543. The molecule has 0 radical (unpaired) electrons. The zero-order chi connectivity index (χ0) is 5.11. The Morgan fingerprint density at radius 3 is 2.14 bits per heavy atom. The monoisotopic (exact) mass is 102 g/mol. The highest BCUT2D eigenvalue weighted by Crippen LogP contribution is 1.72. The minimum Gasteiger partial charge on any atom is -0.291 e. The number of hydrogen-bond acceptors (Lipinski definition) is 4. The van der Waals surface area contributed by atoms with Crippen LogP contribution in [0.25, 0.3) is 0 Å². The van der Waals surface area contributed by atoms with Crippen LogP contribution in [0.3, 0.4) is 0 Å². The number of nitrogens with two attached hydrogens (primary N) is 1. The van der Waals surface area contributed by atoms with Crippen molar-refractivity contribution in [1.82, 2.24) is 15.6 Å². The topological polar surface area (TPSA) is 53.3 Å². The molecule has 0 bridgehead atoms. The molecule has 4 N–H and O–H groups in total. The van der Waals surface area contributed by atoms with Gasteiger partial charge in [0.05, 0.1) is 13.3 Å². The van der Waals surface area contributed by atoms with Gasteiger partial charge in [-0.15, -0.1) is 0 Å². The molecule has 7 heavy (non-hydrogen) atoms. The predicted molar refractivity (Wildman–Crippen MR) is 26.9 cm³/mol. The molecular formula is C3H10N4. The van der Waals surface area contributed by atoms with Crippen molar-refractivity contribution in [3.05, 3.63) is 0 Å². The summed E-state index contributed by atoms with van der Waals surface area (Å²) in [5.74, 6) is 5.34. The molecule has 0 aromatic carbocycles. The van der Waals surface area contributed by atoms with Gasteiger partial charge in [0.25, 0.3) is 0 Å². The van der Waals surface area contributed by atoms with Crippen molar-refractivity contribution in [3.63, 3.8) is 0 Å². The van der Waals surface area contributed by atoms with E-state index in [1.54, 1.807) is 5.01 Å². The molecule has 1 heterocycles. The van der Waals surface area contributed by atoms with E-state index in [-0.39, 0.29) is 0 Å². The molecule has 0 aromatic heterocycles. The molecule has 0 unspecified atom stereocenters. The second kappa shape index (κ2) is 2.23. The lowest BCUT2D eigenvalue weighted by molar-refractivity contribution is 0.196. The molecule has 0 aliphatic carbocycles. The Hall–Kier alpha value is -0.160. The lowest BCUT2D eigenvalue weighted by atomic mass is 10.7. The van der Waals surface area contributed by atoms with Crippen molar-refractivity contribution in [2.75, 3.05) is 20.0 Å². The maximum absolute atomic E-state index is 5.34. The van der Waals surface area contributed by atoms with Gasteiger partial charge in [0.2, 0.25) is 0 Å². The maximum Gasteiger partial charge on any atom is 0.0642 e. The van der Waals surface area contributed by atoms with Gasteiger partial charge >= 0.3 is 0 Å². The van der Waals surface area contributed by atoms with E-state index in [1.807, 2.05) is 0 Å². The first-order chi connectivity index (χ1) is 3.39. The van der Waals surface area contributed by atoms with Crippen molar-refractivity contribution in [3.8, 4) is 0 Å². The average Bonchev–Trinajstić information content (AvgIpc) is 1.69. The van der Waals surface area contributed by atoms with Crippen molar-refractivity contribution in [2.24, 2.45) is 5.84 Å². The van der Waals surface area contributed by atoms with Gasteiger partial charge in [0, 0.05) is 6.67 Å². The third-order valence-corrected chi connectivity index (χ3v) is 0.880. The Morgan fingerprint density at radius 2 is 1.86 bits per heavy atom. The highest BCUT2D eigenvalue weighted by atomic mass is 15.5. The molecule has 0 amide bonds. The summed E-state index contributed by atoms with van der Waals surface area (Å²) in [6, 6.07) is 0. The van der Waals surface area contributed by atoms with Gasteiger partial charge in [0.1, 0.15) is 0 Å². The third kappa shape index (κ3) is 1.40. The van der Waals surface area contributed by atoms with Crippen LogP contribution in [0.15, 0.2) is 0 Å². The second-order valence-corrected chi connectivity index (χ2v) is 1.58. The van der Waals surface area contributed by atoms with Crippen molar-refractivity contribution < 1.29 is 0 Å². The fourth-order valence-electron chi connectivity index (χ4n) is 0.543. The van der Waals surface area contributed by atoms with Crippen LogP contribution in [-0.2, 0) is 0 Å². The normalized spacial score (nSPS) is 25.3. The first-order valence-corrected chi connectivity index (χ1v) is 2.30. The first kappa shape index (κ1) is 4.99. The number of hydrogen-bond donors (Lipinski definition) is 3. The molecule has 4 nitrogen and oxygen atoms in total. The summed E-state index contributed by atoms with van der Waals surface area (Å²) >= 11 is 0. The van der Waals surface area contributed by atoms with E-state index in [0.29, 0.717) is 0 Å². The summed E-state index contributed by atoms with van der Waals surface area (Å²) in [6.45, 7) is 2.44. The van der Waals surface area contributed by atoms with Gasteiger partial charge in [-0.05, 0) is 0 Å². The molecule has 1 rings (SSSR count). The van der Waals surface area contributed by atoms with Crippen molar-refractivity contribution >= 4 is 0 Å². The quantitative estimate of drug-likeness (QED) is 0.317. The van der Waals surface area contributed by atoms with E-state index in [0.717, 1.165) is 20.0 Å². The lowest BCUT2D eigenvalue weighted by Crippen LogP contribution is -2.53. The molecule has 0 spiro atoms. The van der Waals surface area contributed by atoms with Crippen LogP contribution in [-0.4, -0.2) is 25.0 Å². The van der Waals surface area contributed by atoms with Crippen LogP contribution in [0.5, 0.6) is 0 Å². The van der Waals surface area contributed by atoms with E-state index in [4.69, 9.17) is 5.84 Å². The van der Waals surface area contributed by atoms with Crippen LogP contribution in [0.1, 0.15) is 0 Å². The van der Waals surface area contributed by atoms with Gasteiger partial charge in [0.15, 0.2) is 0 Å². The zero-order valence-electron chi connectivity index (χ0n) is 4.15. The van der Waals surface area contributed by atoms with E-state index in [1.165, 1.54) is 0 Å². The van der Waals surface area contributed by atoms with Gasteiger partial charge < -0.3 is 0 Å². The predicted octanol–water partition coefficient (Wildman–Crippen LogP) is -1.77. The van der Waals surface area contributed by atoms with Gasteiger partial charge in [-0.25, -0.2) is 5.01 Å². The van der Waals surface area contributed by atoms with Crippen LogP contribution in [0.2, 0.25) is 0 Å². The molecule has 0 saturated carbocycles. The van der Waals surface area contributed by atoms with E-state index in [9.17, 15) is 0 Å². The Balaban J connectivity index is 2.12. The van der Waals surface area contributed by atoms with Crippen LogP contribution in [0.4, 0.5) is 0 Å². The van der Waals surface area contributed by atoms with Crippen LogP contribution in [0, 0.1) is 0 Å². The maximum atomic E-state index is 5.34. The summed E-state index contributed by atoms with van der Waals surface area (Å²) in [7, 11) is 0. The highest BCUT2D eigenvalue weighted by Gasteiger charge is 2.00. The van der Waals surface area contributed by atoms with Gasteiger partial charge in [-0.2, -0.15) is 0 Å². The Labute approximate surface area is 42.6 Å². The molecule has 4 heteroatoms. The van der Waals surface area contributed by atoms with E-state index in [2.05, 4.69) is 10.6 Å². The summed E-state index contributed by atoms with van der Waals surface area (Å²) in [4.78, 5) is 0. The van der Waals surface area contributed by atoms with Gasteiger partial charge in [-0.3, -0.25) is 16.5 Å². The molecular weight excluding hydrogens is 92.1 g/mol. The Morgan fingerprint density at radius 1 is 1.29 bits per heavy atom. The molecule has 42 valence electrons. The third-order valence-electron chi connectivity index (χ3n) is 0.880.